The Balaban J connectivity index is 1.55. The van der Waals surface area contributed by atoms with Crippen molar-refractivity contribution in [3.05, 3.63) is 83.7 Å². The Morgan fingerprint density at radius 2 is 1.93 bits per heavy atom. The molecule has 2 N–H and O–H groups in total. The molecule has 0 spiro atoms. The van der Waals surface area contributed by atoms with Gasteiger partial charge in [0.15, 0.2) is 6.04 Å². The first-order valence-corrected chi connectivity index (χ1v) is 9.39. The summed E-state index contributed by atoms with van der Waals surface area (Å²) in [5.74, 6) is -0.0695. The molecule has 0 saturated heterocycles. The molecule has 0 saturated carbocycles. The number of hydrogen-bond acceptors (Lipinski definition) is 3. The predicted octanol–water partition coefficient (Wildman–Crippen LogP) is 3.23. The lowest BCUT2D eigenvalue weighted by Gasteiger charge is -2.23. The van der Waals surface area contributed by atoms with Crippen molar-refractivity contribution in [2.45, 2.75) is 31.8 Å². The summed E-state index contributed by atoms with van der Waals surface area (Å²) < 4.78 is 1.67. The van der Waals surface area contributed by atoms with Gasteiger partial charge in [0.1, 0.15) is 0 Å². The Labute approximate surface area is 163 Å². The van der Waals surface area contributed by atoms with Crippen molar-refractivity contribution in [2.24, 2.45) is 0 Å². The molecule has 3 aromatic rings. The molecule has 4 rings (SSSR count). The number of aryl methyl sites for hydroxylation is 1. The maximum absolute atomic E-state index is 13.1. The van der Waals surface area contributed by atoms with E-state index in [-0.39, 0.29) is 17.9 Å². The van der Waals surface area contributed by atoms with E-state index in [2.05, 4.69) is 21.8 Å². The van der Waals surface area contributed by atoms with Crippen LogP contribution in [0.3, 0.4) is 0 Å². The highest BCUT2D eigenvalue weighted by atomic mass is 16.2. The molecule has 1 aromatic heterocycles. The number of aromatic nitrogens is 2. The third kappa shape index (κ3) is 3.67. The fraction of sp³-hybridized carbons (Fsp3) is 0.227. The molecule has 6 heteroatoms. The van der Waals surface area contributed by atoms with Crippen LogP contribution in [-0.4, -0.2) is 21.6 Å². The van der Waals surface area contributed by atoms with Gasteiger partial charge in [0.2, 0.25) is 11.8 Å². The Bertz CT molecular complexity index is 983. The number of rotatable bonds is 5. The standard InChI is InChI=1S/C22H22N4O2/c1-15(17-8-10-19-18(14-17)9-11-20(27)25-19)24-22(28)21(26-13-5-12-23-26)16-6-3-2-4-7-16/h2-8,10,12-15,21H,9,11H2,1H3,(H,24,28)(H,25,27). The van der Waals surface area contributed by atoms with E-state index in [1.807, 2.05) is 55.5 Å². The number of nitrogens with zero attached hydrogens (tertiary/aromatic N) is 2. The van der Waals surface area contributed by atoms with Gasteiger partial charge in [-0.2, -0.15) is 5.10 Å². The normalized spacial score (nSPS) is 15.2. The molecule has 0 fully saturated rings. The van der Waals surface area contributed by atoms with Crippen molar-refractivity contribution in [1.29, 1.82) is 0 Å². The van der Waals surface area contributed by atoms with Gasteiger partial charge in [-0.15, -0.1) is 0 Å². The summed E-state index contributed by atoms with van der Waals surface area (Å²) >= 11 is 0. The SMILES string of the molecule is CC(NC(=O)C(c1ccccc1)n1cccn1)c1ccc2c(c1)CCC(=O)N2. The monoisotopic (exact) mass is 374 g/mol. The van der Waals surface area contributed by atoms with E-state index in [0.717, 1.165) is 28.8 Å². The van der Waals surface area contributed by atoms with E-state index in [4.69, 9.17) is 0 Å². The number of carbonyl (C=O) groups excluding carboxylic acids is 2. The Kier molecular flexibility index (Phi) is 4.93. The second kappa shape index (κ2) is 7.68. The van der Waals surface area contributed by atoms with Crippen LogP contribution in [0.2, 0.25) is 0 Å². The number of benzene rings is 2. The van der Waals surface area contributed by atoms with Gasteiger partial charge < -0.3 is 10.6 Å². The summed E-state index contributed by atoms with van der Waals surface area (Å²) in [6.45, 7) is 1.96. The minimum atomic E-state index is -0.532. The number of hydrogen-bond donors (Lipinski definition) is 2. The smallest absolute Gasteiger partial charge is 0.249 e. The van der Waals surface area contributed by atoms with Crippen molar-refractivity contribution < 1.29 is 9.59 Å². The second-order valence-electron chi connectivity index (χ2n) is 6.99. The van der Waals surface area contributed by atoms with Crippen LogP contribution in [0.1, 0.15) is 42.1 Å². The molecule has 6 nitrogen and oxygen atoms in total. The highest BCUT2D eigenvalue weighted by Crippen LogP contribution is 2.27. The van der Waals surface area contributed by atoms with Crippen LogP contribution >= 0.6 is 0 Å². The molecule has 0 bridgehead atoms. The second-order valence-corrected chi connectivity index (χ2v) is 6.99. The Morgan fingerprint density at radius 1 is 1.11 bits per heavy atom. The lowest BCUT2D eigenvalue weighted by atomic mass is 9.97. The zero-order chi connectivity index (χ0) is 19.5. The molecular weight excluding hydrogens is 352 g/mol. The number of amides is 2. The van der Waals surface area contributed by atoms with Crippen LogP contribution < -0.4 is 10.6 Å². The van der Waals surface area contributed by atoms with E-state index in [1.165, 1.54) is 0 Å². The number of anilines is 1. The van der Waals surface area contributed by atoms with Crippen molar-refractivity contribution >= 4 is 17.5 Å². The molecule has 28 heavy (non-hydrogen) atoms. The molecule has 1 aliphatic heterocycles. The maximum atomic E-state index is 13.1. The van der Waals surface area contributed by atoms with Crippen LogP contribution in [0.25, 0.3) is 0 Å². The van der Waals surface area contributed by atoms with E-state index in [0.29, 0.717) is 6.42 Å². The minimum Gasteiger partial charge on any atom is -0.347 e. The van der Waals surface area contributed by atoms with Gasteiger partial charge in [0.05, 0.1) is 6.04 Å². The van der Waals surface area contributed by atoms with Crippen LogP contribution in [-0.2, 0) is 16.0 Å². The molecular formula is C22H22N4O2. The highest BCUT2D eigenvalue weighted by Gasteiger charge is 2.25. The Morgan fingerprint density at radius 3 is 2.68 bits per heavy atom. The first-order chi connectivity index (χ1) is 13.6. The van der Waals surface area contributed by atoms with Crippen LogP contribution in [0, 0.1) is 0 Å². The van der Waals surface area contributed by atoms with Gasteiger partial charge >= 0.3 is 0 Å². The van der Waals surface area contributed by atoms with Crippen molar-refractivity contribution in [3.63, 3.8) is 0 Å². The summed E-state index contributed by atoms with van der Waals surface area (Å²) in [5.41, 5.74) is 3.85. The first kappa shape index (κ1) is 18.0. The zero-order valence-corrected chi connectivity index (χ0v) is 15.6. The van der Waals surface area contributed by atoms with E-state index in [1.54, 1.807) is 17.1 Å². The minimum absolute atomic E-state index is 0.0477. The topological polar surface area (TPSA) is 76.0 Å². The molecule has 2 aromatic carbocycles. The summed E-state index contributed by atoms with van der Waals surface area (Å²) in [6.07, 6.45) is 4.68. The molecule has 2 atom stereocenters. The molecule has 1 aliphatic rings. The molecule has 2 amide bonds. The quantitative estimate of drug-likeness (QED) is 0.720. The molecule has 2 unspecified atom stereocenters. The average Bonchev–Trinajstić information content (AvgIpc) is 3.22. The fourth-order valence-corrected chi connectivity index (χ4v) is 3.54. The van der Waals surface area contributed by atoms with E-state index < -0.39 is 6.04 Å². The van der Waals surface area contributed by atoms with Gasteiger partial charge in [0.25, 0.3) is 0 Å². The number of nitrogens with one attached hydrogen (secondary N) is 2. The summed E-state index contributed by atoms with van der Waals surface area (Å²) in [6, 6.07) is 16.6. The van der Waals surface area contributed by atoms with Gasteiger partial charge in [-0.3, -0.25) is 14.3 Å². The lowest BCUT2D eigenvalue weighted by molar-refractivity contribution is -0.124. The van der Waals surface area contributed by atoms with Gasteiger partial charge in [-0.1, -0.05) is 42.5 Å². The summed E-state index contributed by atoms with van der Waals surface area (Å²) in [4.78, 5) is 24.7. The van der Waals surface area contributed by atoms with E-state index in [9.17, 15) is 9.59 Å². The molecule has 0 radical (unpaired) electrons. The third-order valence-electron chi connectivity index (χ3n) is 5.04. The third-order valence-corrected chi connectivity index (χ3v) is 5.04. The van der Waals surface area contributed by atoms with Gasteiger partial charge in [-0.05, 0) is 42.2 Å². The molecule has 2 heterocycles. The van der Waals surface area contributed by atoms with Gasteiger partial charge in [-0.25, -0.2) is 0 Å². The van der Waals surface area contributed by atoms with Gasteiger partial charge in [0, 0.05) is 24.5 Å². The maximum Gasteiger partial charge on any atom is 0.249 e. The average molecular weight is 374 g/mol. The van der Waals surface area contributed by atoms with Crippen LogP contribution in [0.5, 0.6) is 0 Å². The van der Waals surface area contributed by atoms with Crippen LogP contribution in [0.15, 0.2) is 67.0 Å². The summed E-state index contributed by atoms with van der Waals surface area (Å²) in [7, 11) is 0. The molecule has 142 valence electrons. The highest BCUT2D eigenvalue weighted by molar-refractivity contribution is 5.94. The number of carbonyl (C=O) groups is 2. The van der Waals surface area contributed by atoms with Crippen molar-refractivity contribution in [2.75, 3.05) is 5.32 Å². The first-order valence-electron chi connectivity index (χ1n) is 9.39. The number of fused-ring (bicyclic) bond motifs is 1. The van der Waals surface area contributed by atoms with E-state index >= 15 is 0 Å². The predicted molar refractivity (Wildman–Crippen MR) is 107 cm³/mol. The molecule has 0 aliphatic carbocycles. The van der Waals surface area contributed by atoms with Crippen molar-refractivity contribution in [1.82, 2.24) is 15.1 Å². The Hall–Kier alpha value is -3.41. The largest absolute Gasteiger partial charge is 0.347 e. The lowest BCUT2D eigenvalue weighted by Crippen LogP contribution is -2.35. The summed E-state index contributed by atoms with van der Waals surface area (Å²) in [5, 5.41) is 10.3. The zero-order valence-electron chi connectivity index (χ0n) is 15.6. The fourth-order valence-electron chi connectivity index (χ4n) is 3.54. The van der Waals surface area contributed by atoms with Crippen molar-refractivity contribution in [3.8, 4) is 0 Å². The van der Waals surface area contributed by atoms with Crippen LogP contribution in [0.4, 0.5) is 5.69 Å².